The van der Waals surface area contributed by atoms with Crippen LogP contribution in [0.3, 0.4) is 0 Å². The lowest BCUT2D eigenvalue weighted by atomic mass is 10.1. The third-order valence-corrected chi connectivity index (χ3v) is 3.81. The number of amides is 1. The number of alkyl halides is 3. The number of carbonyl (C=O) groups is 1. The topological polar surface area (TPSA) is 85.0 Å². The van der Waals surface area contributed by atoms with Crippen molar-refractivity contribution in [3.05, 3.63) is 36.2 Å². The third kappa shape index (κ3) is 3.29. The molecule has 2 aromatic rings. The number of halogens is 3. The van der Waals surface area contributed by atoms with Crippen molar-refractivity contribution in [2.45, 2.75) is 12.6 Å². The van der Waals surface area contributed by atoms with Crippen LogP contribution in [0.1, 0.15) is 12.1 Å². The fourth-order valence-electron chi connectivity index (χ4n) is 2.55. The Balaban J connectivity index is 2.02. The fourth-order valence-corrected chi connectivity index (χ4v) is 2.55. The molecule has 0 saturated carbocycles. The number of nitrogens with zero attached hydrogens (tertiary/aromatic N) is 4. The average Bonchev–Trinajstić information content (AvgIpc) is 3.05. The number of hydrogen-bond donors (Lipinski definition) is 1. The second-order valence-electron chi connectivity index (χ2n) is 5.48. The van der Waals surface area contributed by atoms with Crippen LogP contribution in [0.2, 0.25) is 0 Å². The van der Waals surface area contributed by atoms with Gasteiger partial charge in [-0.05, 0) is 18.6 Å². The number of aromatic nitrogens is 3. The van der Waals surface area contributed by atoms with Gasteiger partial charge in [0.2, 0.25) is 5.91 Å². The molecule has 2 aromatic heterocycles. The molecule has 3 heterocycles. The summed E-state index contributed by atoms with van der Waals surface area (Å²) in [5.41, 5.74) is 4.47. The Kier molecular flexibility index (Phi) is 4.08. The van der Waals surface area contributed by atoms with Crippen molar-refractivity contribution in [1.29, 1.82) is 0 Å². The van der Waals surface area contributed by atoms with Crippen LogP contribution in [0.5, 0.6) is 0 Å². The van der Waals surface area contributed by atoms with E-state index in [1.807, 2.05) is 0 Å². The van der Waals surface area contributed by atoms with Crippen LogP contribution in [0.4, 0.5) is 19.0 Å². The van der Waals surface area contributed by atoms with Crippen LogP contribution in [0, 0.1) is 5.92 Å². The van der Waals surface area contributed by atoms with Gasteiger partial charge in [0, 0.05) is 25.4 Å². The van der Waals surface area contributed by atoms with Gasteiger partial charge in [-0.1, -0.05) is 6.07 Å². The normalized spacial score (nSPS) is 18.0. The van der Waals surface area contributed by atoms with E-state index < -0.39 is 23.7 Å². The van der Waals surface area contributed by atoms with E-state index in [9.17, 15) is 18.0 Å². The quantitative estimate of drug-likeness (QED) is 0.924. The minimum atomic E-state index is -4.61. The summed E-state index contributed by atoms with van der Waals surface area (Å²) in [6.45, 7) is 0.648. The third-order valence-electron chi connectivity index (χ3n) is 3.81. The van der Waals surface area contributed by atoms with E-state index in [1.165, 1.54) is 12.3 Å². The van der Waals surface area contributed by atoms with Crippen LogP contribution >= 0.6 is 0 Å². The van der Waals surface area contributed by atoms with Crippen molar-refractivity contribution in [2.75, 3.05) is 18.0 Å². The van der Waals surface area contributed by atoms with Crippen LogP contribution in [-0.4, -0.2) is 33.9 Å². The summed E-state index contributed by atoms with van der Waals surface area (Å²) < 4.78 is 39.5. The lowest BCUT2D eigenvalue weighted by Crippen LogP contribution is -2.28. The molecule has 1 saturated heterocycles. The molecule has 0 radical (unpaired) electrons. The predicted molar refractivity (Wildman–Crippen MR) is 79.8 cm³/mol. The molecule has 1 fully saturated rings. The van der Waals surface area contributed by atoms with Crippen molar-refractivity contribution in [1.82, 2.24) is 15.0 Å². The number of primary amides is 1. The maximum atomic E-state index is 13.2. The highest BCUT2D eigenvalue weighted by Crippen LogP contribution is 2.32. The van der Waals surface area contributed by atoms with Gasteiger partial charge >= 0.3 is 6.18 Å². The molecule has 2 N–H and O–H groups in total. The number of carbonyl (C=O) groups excluding carboxylic acids is 1. The molecule has 1 aliphatic rings. The lowest BCUT2D eigenvalue weighted by molar-refractivity contribution is -0.141. The molecule has 3 rings (SSSR count). The second-order valence-corrected chi connectivity index (χ2v) is 5.48. The highest BCUT2D eigenvalue weighted by molar-refractivity contribution is 5.78. The van der Waals surface area contributed by atoms with Gasteiger partial charge in [0.1, 0.15) is 11.5 Å². The first-order chi connectivity index (χ1) is 11.3. The molecule has 0 spiro atoms. The maximum absolute atomic E-state index is 13.2. The van der Waals surface area contributed by atoms with Gasteiger partial charge in [0.05, 0.1) is 5.92 Å². The smallest absolute Gasteiger partial charge is 0.369 e. The molecule has 0 aliphatic carbocycles. The van der Waals surface area contributed by atoms with Crippen LogP contribution in [-0.2, 0) is 11.0 Å². The van der Waals surface area contributed by atoms with Crippen LogP contribution < -0.4 is 10.6 Å². The van der Waals surface area contributed by atoms with E-state index in [0.717, 1.165) is 6.07 Å². The predicted octanol–water partition coefficient (Wildman–Crippen LogP) is 1.87. The van der Waals surface area contributed by atoms with Gasteiger partial charge < -0.3 is 10.6 Å². The number of hydrogen-bond acceptors (Lipinski definition) is 5. The maximum Gasteiger partial charge on any atom is 0.433 e. The standard InChI is InChI=1S/C15H14F3N5O/c16-15(17,18)11-7-12(23-6-4-9(8-23)13(19)24)22-14(21-11)10-3-1-2-5-20-10/h1-3,5,7,9H,4,6,8H2,(H2,19,24). The molecule has 1 unspecified atom stereocenters. The zero-order chi connectivity index (χ0) is 17.3. The van der Waals surface area contributed by atoms with Gasteiger partial charge in [-0.15, -0.1) is 0 Å². The van der Waals surface area contributed by atoms with Gasteiger partial charge in [0.25, 0.3) is 0 Å². The lowest BCUT2D eigenvalue weighted by Gasteiger charge is -2.19. The van der Waals surface area contributed by atoms with E-state index in [1.54, 1.807) is 17.0 Å². The highest BCUT2D eigenvalue weighted by Gasteiger charge is 2.35. The Hall–Kier alpha value is -2.71. The van der Waals surface area contributed by atoms with Gasteiger partial charge in [-0.25, -0.2) is 9.97 Å². The minimum Gasteiger partial charge on any atom is -0.369 e. The Morgan fingerprint density at radius 1 is 1.29 bits per heavy atom. The van der Waals surface area contributed by atoms with Gasteiger partial charge in [-0.3, -0.25) is 9.78 Å². The Morgan fingerprint density at radius 3 is 2.67 bits per heavy atom. The van der Waals surface area contributed by atoms with Crippen molar-refractivity contribution in [3.63, 3.8) is 0 Å². The zero-order valence-electron chi connectivity index (χ0n) is 12.5. The first-order valence-corrected chi connectivity index (χ1v) is 7.26. The summed E-state index contributed by atoms with van der Waals surface area (Å²) in [5, 5.41) is 0. The van der Waals surface area contributed by atoms with E-state index in [-0.39, 0.29) is 23.9 Å². The Bertz CT molecular complexity index is 751. The number of rotatable bonds is 3. The molecule has 24 heavy (non-hydrogen) atoms. The van der Waals surface area contributed by atoms with E-state index >= 15 is 0 Å². The summed E-state index contributed by atoms with van der Waals surface area (Å²) in [6.07, 6.45) is -2.67. The Morgan fingerprint density at radius 2 is 2.08 bits per heavy atom. The summed E-state index contributed by atoms with van der Waals surface area (Å²) in [5.74, 6) is -0.857. The van der Waals surface area contributed by atoms with Crippen LogP contribution in [0.25, 0.3) is 11.5 Å². The second kappa shape index (κ2) is 6.06. The van der Waals surface area contributed by atoms with Crippen molar-refractivity contribution >= 4 is 11.7 Å². The van der Waals surface area contributed by atoms with Crippen LogP contribution in [0.15, 0.2) is 30.5 Å². The Labute approximate surface area is 135 Å². The monoisotopic (exact) mass is 337 g/mol. The molecule has 1 amide bonds. The zero-order valence-corrected chi connectivity index (χ0v) is 12.5. The van der Waals surface area contributed by atoms with Gasteiger partial charge in [-0.2, -0.15) is 13.2 Å². The number of anilines is 1. The molecule has 1 atom stereocenters. The number of pyridine rings is 1. The molecular weight excluding hydrogens is 323 g/mol. The molecule has 126 valence electrons. The average molecular weight is 337 g/mol. The van der Waals surface area contributed by atoms with E-state index in [2.05, 4.69) is 15.0 Å². The molecule has 9 heteroatoms. The highest BCUT2D eigenvalue weighted by atomic mass is 19.4. The van der Waals surface area contributed by atoms with Crippen molar-refractivity contribution < 1.29 is 18.0 Å². The summed E-state index contributed by atoms with van der Waals surface area (Å²) in [7, 11) is 0. The minimum absolute atomic E-state index is 0.108. The van der Waals surface area contributed by atoms with Crippen molar-refractivity contribution in [2.24, 2.45) is 11.7 Å². The molecular formula is C15H14F3N5O. The largest absolute Gasteiger partial charge is 0.433 e. The fraction of sp³-hybridized carbons (Fsp3) is 0.333. The molecule has 0 bridgehead atoms. The van der Waals surface area contributed by atoms with Gasteiger partial charge in [0.15, 0.2) is 11.5 Å². The first-order valence-electron chi connectivity index (χ1n) is 7.26. The molecule has 6 nitrogen and oxygen atoms in total. The molecule has 0 aromatic carbocycles. The first kappa shape index (κ1) is 16.2. The number of nitrogens with two attached hydrogens (primary N) is 1. The summed E-state index contributed by atoms with van der Waals surface area (Å²) in [6, 6.07) is 5.71. The SMILES string of the molecule is NC(=O)C1CCN(c2cc(C(F)(F)F)nc(-c3ccccn3)n2)C1. The van der Waals surface area contributed by atoms with Crippen molar-refractivity contribution in [3.8, 4) is 11.5 Å². The van der Waals surface area contributed by atoms with E-state index in [0.29, 0.717) is 13.0 Å². The summed E-state index contributed by atoms with van der Waals surface area (Å²) >= 11 is 0. The van der Waals surface area contributed by atoms with E-state index in [4.69, 9.17) is 5.73 Å². The summed E-state index contributed by atoms with van der Waals surface area (Å²) in [4.78, 5) is 24.7. The molecule has 1 aliphatic heterocycles.